The van der Waals surface area contributed by atoms with E-state index in [1.54, 1.807) is 6.33 Å². The van der Waals surface area contributed by atoms with E-state index in [0.717, 1.165) is 39.3 Å². The molecule has 3 aromatic heterocycles. The highest BCUT2D eigenvalue weighted by Gasteiger charge is 2.23. The van der Waals surface area contributed by atoms with Gasteiger partial charge in [-0.05, 0) is 22.8 Å². The first-order chi connectivity index (χ1) is 18.4. The van der Waals surface area contributed by atoms with Crippen LogP contribution in [0.2, 0.25) is 0 Å². The van der Waals surface area contributed by atoms with Gasteiger partial charge in [-0.15, -0.1) is 0 Å². The highest BCUT2D eigenvalue weighted by molar-refractivity contribution is 6.06. The molecule has 7 rings (SSSR count). The Kier molecular flexibility index (Phi) is 5.10. The number of benzene rings is 4. The maximum atomic E-state index is 4.83. The normalized spacial score (nSPS) is 11.4. The Morgan fingerprint density at radius 2 is 1.24 bits per heavy atom. The Balaban J connectivity index is 1.54. The van der Waals surface area contributed by atoms with E-state index in [1.165, 1.54) is 16.5 Å². The van der Waals surface area contributed by atoms with Crippen LogP contribution < -0.4 is 0 Å². The molecule has 3 heterocycles. The zero-order valence-electron chi connectivity index (χ0n) is 20.1. The van der Waals surface area contributed by atoms with Crippen molar-refractivity contribution in [2.45, 2.75) is 6.54 Å². The summed E-state index contributed by atoms with van der Waals surface area (Å²) in [7, 11) is 0. The van der Waals surface area contributed by atoms with Crippen LogP contribution in [0.15, 0.2) is 128 Å². The number of aromatic nitrogens is 5. The van der Waals surface area contributed by atoms with Crippen molar-refractivity contribution in [2.75, 3.05) is 0 Å². The molecule has 0 aliphatic carbocycles. The van der Waals surface area contributed by atoms with Gasteiger partial charge in [0.25, 0.3) is 0 Å². The van der Waals surface area contributed by atoms with E-state index in [9.17, 15) is 0 Å². The predicted octanol–water partition coefficient (Wildman–Crippen LogP) is 7.15. The highest BCUT2D eigenvalue weighted by atomic mass is 15.2. The Bertz CT molecular complexity index is 1830. The monoisotopic (exact) mass is 477 g/mol. The van der Waals surface area contributed by atoms with Crippen LogP contribution in [0.5, 0.6) is 0 Å². The third kappa shape index (κ3) is 3.60. The number of rotatable bonds is 5. The Morgan fingerprint density at radius 3 is 2.00 bits per heavy atom. The van der Waals surface area contributed by atoms with Crippen molar-refractivity contribution < 1.29 is 0 Å². The topological polar surface area (TPSA) is 48.5 Å². The van der Waals surface area contributed by atoms with E-state index in [-0.39, 0.29) is 0 Å². The molecule has 0 radical (unpaired) electrons. The van der Waals surface area contributed by atoms with Crippen molar-refractivity contribution in [1.29, 1.82) is 0 Å². The lowest BCUT2D eigenvalue weighted by Gasteiger charge is -2.13. The fourth-order valence-corrected chi connectivity index (χ4v) is 5.15. The van der Waals surface area contributed by atoms with Gasteiger partial charge in [0.05, 0.1) is 24.1 Å². The van der Waals surface area contributed by atoms with Crippen LogP contribution in [-0.2, 0) is 6.54 Å². The van der Waals surface area contributed by atoms with Gasteiger partial charge in [-0.3, -0.25) is 4.57 Å². The molecule has 0 N–H and O–H groups in total. The third-order valence-corrected chi connectivity index (χ3v) is 6.77. The van der Waals surface area contributed by atoms with Crippen molar-refractivity contribution in [2.24, 2.45) is 0 Å². The van der Waals surface area contributed by atoms with Gasteiger partial charge in [0, 0.05) is 10.9 Å². The molecule has 5 nitrogen and oxygen atoms in total. The quantitative estimate of drug-likeness (QED) is 0.264. The standard InChI is InChI=1S/C32H23N5/c1-4-12-23(13-5-1)20-36-22-35-29-31(36)33-21-34-32(29)37-27-19-11-10-18-26(27)28(24-14-6-2-7-15-24)30(37)25-16-8-3-9-17-25/h1-19,21-22H,20H2. The predicted molar refractivity (Wildman–Crippen MR) is 149 cm³/mol. The minimum absolute atomic E-state index is 0.695. The zero-order valence-corrected chi connectivity index (χ0v) is 20.1. The second-order valence-corrected chi connectivity index (χ2v) is 9.04. The Morgan fingerprint density at radius 1 is 0.595 bits per heavy atom. The summed E-state index contributed by atoms with van der Waals surface area (Å²) in [6.45, 7) is 0.695. The first-order valence-electron chi connectivity index (χ1n) is 12.3. The van der Waals surface area contributed by atoms with Gasteiger partial charge in [0.15, 0.2) is 17.0 Å². The molecule has 4 aromatic carbocycles. The molecule has 0 atom stereocenters. The van der Waals surface area contributed by atoms with Gasteiger partial charge in [-0.25, -0.2) is 15.0 Å². The Hall–Kier alpha value is -5.03. The number of fused-ring (bicyclic) bond motifs is 2. The highest BCUT2D eigenvalue weighted by Crippen LogP contribution is 2.42. The molecule has 5 heteroatoms. The first kappa shape index (κ1) is 21.3. The summed E-state index contributed by atoms with van der Waals surface area (Å²) in [5.41, 5.74) is 8.41. The average Bonchev–Trinajstić information content (AvgIpc) is 3.54. The smallest absolute Gasteiger partial charge is 0.169 e. The van der Waals surface area contributed by atoms with Gasteiger partial charge < -0.3 is 4.57 Å². The molecule has 0 aliphatic heterocycles. The van der Waals surface area contributed by atoms with Gasteiger partial charge in [-0.1, -0.05) is 109 Å². The molecule has 37 heavy (non-hydrogen) atoms. The molecule has 0 spiro atoms. The number of hydrogen-bond donors (Lipinski definition) is 0. The van der Waals surface area contributed by atoms with E-state index in [2.05, 4.69) is 117 Å². The van der Waals surface area contributed by atoms with Gasteiger partial charge >= 0.3 is 0 Å². The molecule has 0 saturated heterocycles. The molecule has 0 aliphatic rings. The summed E-state index contributed by atoms with van der Waals surface area (Å²) in [6.07, 6.45) is 3.51. The SMILES string of the molecule is c1ccc(Cn2cnc3c(-n4c(-c5ccccc5)c(-c5ccccc5)c5ccccc54)ncnc32)cc1. The van der Waals surface area contributed by atoms with Crippen molar-refractivity contribution in [1.82, 2.24) is 24.1 Å². The molecule has 0 bridgehead atoms. The molecular weight excluding hydrogens is 454 g/mol. The third-order valence-electron chi connectivity index (χ3n) is 6.77. The van der Waals surface area contributed by atoms with E-state index in [1.807, 2.05) is 18.5 Å². The zero-order chi connectivity index (χ0) is 24.6. The minimum atomic E-state index is 0.695. The van der Waals surface area contributed by atoms with Crippen LogP contribution in [0.4, 0.5) is 0 Å². The van der Waals surface area contributed by atoms with Crippen LogP contribution >= 0.6 is 0 Å². The maximum Gasteiger partial charge on any atom is 0.169 e. The van der Waals surface area contributed by atoms with Crippen molar-refractivity contribution in [3.05, 3.63) is 133 Å². The van der Waals surface area contributed by atoms with E-state index in [0.29, 0.717) is 6.54 Å². The maximum absolute atomic E-state index is 4.83. The molecule has 0 saturated carbocycles. The van der Waals surface area contributed by atoms with Crippen LogP contribution in [-0.4, -0.2) is 24.1 Å². The molecule has 176 valence electrons. The number of para-hydroxylation sites is 1. The van der Waals surface area contributed by atoms with Gasteiger partial charge in [0.2, 0.25) is 0 Å². The summed E-state index contributed by atoms with van der Waals surface area (Å²) in [4.78, 5) is 14.3. The molecule has 0 unspecified atom stereocenters. The largest absolute Gasteiger partial charge is 0.311 e. The molecular formula is C32H23N5. The van der Waals surface area contributed by atoms with Crippen LogP contribution in [0.1, 0.15) is 5.56 Å². The van der Waals surface area contributed by atoms with Gasteiger partial charge in [-0.2, -0.15) is 0 Å². The number of imidazole rings is 1. The van der Waals surface area contributed by atoms with Crippen molar-refractivity contribution in [3.63, 3.8) is 0 Å². The lowest BCUT2D eigenvalue weighted by atomic mass is 9.98. The molecule has 0 amide bonds. The van der Waals surface area contributed by atoms with Gasteiger partial charge in [0.1, 0.15) is 6.33 Å². The molecule has 0 fully saturated rings. The second-order valence-electron chi connectivity index (χ2n) is 9.04. The second kappa shape index (κ2) is 8.88. The lowest BCUT2D eigenvalue weighted by Crippen LogP contribution is -2.04. The molecule has 7 aromatic rings. The van der Waals surface area contributed by atoms with Crippen LogP contribution in [0.3, 0.4) is 0 Å². The summed E-state index contributed by atoms with van der Waals surface area (Å²) >= 11 is 0. The first-order valence-corrected chi connectivity index (χ1v) is 12.3. The summed E-state index contributed by atoms with van der Waals surface area (Å²) in [5, 5.41) is 1.17. The summed E-state index contributed by atoms with van der Waals surface area (Å²) in [6, 6.07) is 40.0. The lowest BCUT2D eigenvalue weighted by molar-refractivity contribution is 0.813. The summed E-state index contributed by atoms with van der Waals surface area (Å²) < 4.78 is 4.33. The van der Waals surface area contributed by atoms with Crippen LogP contribution in [0, 0.1) is 0 Å². The number of hydrogen-bond acceptors (Lipinski definition) is 3. The summed E-state index contributed by atoms with van der Waals surface area (Å²) in [5.74, 6) is 0.772. The van der Waals surface area contributed by atoms with Crippen LogP contribution in [0.25, 0.3) is 50.3 Å². The Labute approximate surface area is 214 Å². The van der Waals surface area contributed by atoms with E-state index >= 15 is 0 Å². The van der Waals surface area contributed by atoms with E-state index in [4.69, 9.17) is 9.97 Å². The van der Waals surface area contributed by atoms with E-state index < -0.39 is 0 Å². The number of nitrogens with zero attached hydrogens (tertiary/aromatic N) is 5. The van der Waals surface area contributed by atoms with Crippen molar-refractivity contribution in [3.8, 4) is 28.2 Å². The fraction of sp³-hybridized carbons (Fsp3) is 0.0312. The minimum Gasteiger partial charge on any atom is -0.311 e. The average molecular weight is 478 g/mol. The fourth-order valence-electron chi connectivity index (χ4n) is 5.15. The van der Waals surface area contributed by atoms with Crippen molar-refractivity contribution >= 4 is 22.1 Å².